The molecule has 120 valence electrons. The molecular weight excluding hydrogens is 302 g/mol. The van der Waals surface area contributed by atoms with Crippen LogP contribution in [-0.2, 0) is 9.84 Å². The minimum Gasteiger partial charge on any atom is -0.356 e. The number of aromatic nitrogens is 1. The zero-order valence-corrected chi connectivity index (χ0v) is 13.6. The van der Waals surface area contributed by atoms with E-state index in [0.29, 0.717) is 18.5 Å². The zero-order valence-electron chi connectivity index (χ0n) is 12.7. The van der Waals surface area contributed by atoms with Gasteiger partial charge in [-0.25, -0.2) is 13.4 Å². The topological polar surface area (TPSA) is 70.6 Å². The molecule has 1 unspecified atom stereocenters. The van der Waals surface area contributed by atoms with Crippen LogP contribution in [0.3, 0.4) is 0 Å². The first-order chi connectivity index (χ1) is 10.5. The van der Waals surface area contributed by atoms with Gasteiger partial charge in [0.15, 0.2) is 9.84 Å². The minimum absolute atomic E-state index is 0.110. The first-order valence-corrected chi connectivity index (χ1v) is 9.60. The van der Waals surface area contributed by atoms with E-state index in [0.717, 1.165) is 31.7 Å². The van der Waals surface area contributed by atoms with E-state index in [1.54, 1.807) is 23.2 Å². The minimum atomic E-state index is -3.10. The molecule has 3 rings (SSSR count). The van der Waals surface area contributed by atoms with Crippen LogP contribution in [0.1, 0.15) is 29.6 Å². The number of hydrogen-bond donors (Lipinski definition) is 0. The summed E-state index contributed by atoms with van der Waals surface area (Å²) in [7, 11) is -3.10. The Balaban J connectivity index is 1.81. The standard InChI is InChI=1S/C15H21N3O3S/c1-22(20,21)12-6-10-18(11-12)15(19)13-5-4-7-16-14(13)17-8-2-3-9-17/h4-5,7,12H,2-3,6,8-11H2,1H3. The maximum absolute atomic E-state index is 12.8. The third-order valence-corrected chi connectivity index (χ3v) is 6.06. The Bertz CT molecular complexity index is 668. The van der Waals surface area contributed by atoms with Crippen molar-refractivity contribution >= 4 is 21.6 Å². The van der Waals surface area contributed by atoms with Gasteiger partial charge in [0, 0.05) is 38.6 Å². The molecule has 2 fully saturated rings. The lowest BCUT2D eigenvalue weighted by atomic mass is 10.2. The van der Waals surface area contributed by atoms with E-state index in [9.17, 15) is 13.2 Å². The third-order valence-electron chi connectivity index (χ3n) is 4.46. The quantitative estimate of drug-likeness (QED) is 0.828. The van der Waals surface area contributed by atoms with Crippen LogP contribution >= 0.6 is 0 Å². The van der Waals surface area contributed by atoms with Crippen molar-refractivity contribution in [3.05, 3.63) is 23.9 Å². The normalized spacial score (nSPS) is 22.3. The summed E-state index contributed by atoms with van der Waals surface area (Å²) in [5.74, 6) is 0.619. The van der Waals surface area contributed by atoms with Gasteiger partial charge in [0.05, 0.1) is 10.8 Å². The van der Waals surface area contributed by atoms with E-state index < -0.39 is 15.1 Å². The lowest BCUT2D eigenvalue weighted by Gasteiger charge is -2.22. The molecule has 0 N–H and O–H groups in total. The molecule has 2 aliphatic heterocycles. The zero-order chi connectivity index (χ0) is 15.7. The van der Waals surface area contributed by atoms with Crippen molar-refractivity contribution in [3.63, 3.8) is 0 Å². The van der Waals surface area contributed by atoms with Crippen LogP contribution in [0.15, 0.2) is 18.3 Å². The molecule has 7 heteroatoms. The van der Waals surface area contributed by atoms with Crippen LogP contribution in [0.5, 0.6) is 0 Å². The number of carbonyl (C=O) groups excluding carboxylic acids is 1. The number of pyridine rings is 1. The summed E-state index contributed by atoms with van der Waals surface area (Å²) < 4.78 is 23.3. The number of amides is 1. The van der Waals surface area contributed by atoms with E-state index in [2.05, 4.69) is 9.88 Å². The first-order valence-electron chi connectivity index (χ1n) is 7.65. The summed E-state index contributed by atoms with van der Waals surface area (Å²) in [6.07, 6.45) is 5.69. The second-order valence-corrected chi connectivity index (χ2v) is 8.39. The Hall–Kier alpha value is -1.63. The Labute approximate surface area is 131 Å². The largest absolute Gasteiger partial charge is 0.356 e. The Morgan fingerprint density at radius 2 is 2.00 bits per heavy atom. The fraction of sp³-hybridized carbons (Fsp3) is 0.600. The molecule has 0 bridgehead atoms. The van der Waals surface area contributed by atoms with Gasteiger partial charge in [-0.1, -0.05) is 0 Å². The van der Waals surface area contributed by atoms with Crippen molar-refractivity contribution < 1.29 is 13.2 Å². The summed E-state index contributed by atoms with van der Waals surface area (Å²) in [6, 6.07) is 3.55. The first kappa shape index (κ1) is 15.3. The molecule has 1 aromatic rings. The molecule has 1 amide bonds. The van der Waals surface area contributed by atoms with E-state index in [1.165, 1.54) is 6.26 Å². The van der Waals surface area contributed by atoms with Gasteiger partial charge in [0.2, 0.25) is 0 Å². The van der Waals surface area contributed by atoms with Crippen LogP contribution in [0.25, 0.3) is 0 Å². The SMILES string of the molecule is CS(=O)(=O)C1CCN(C(=O)c2cccnc2N2CCCC2)C1. The van der Waals surface area contributed by atoms with Crippen molar-refractivity contribution in [2.75, 3.05) is 37.3 Å². The molecular formula is C15H21N3O3S. The summed E-state index contributed by atoms with van der Waals surface area (Å²) >= 11 is 0. The number of hydrogen-bond acceptors (Lipinski definition) is 5. The van der Waals surface area contributed by atoms with E-state index in [4.69, 9.17) is 0 Å². The summed E-state index contributed by atoms with van der Waals surface area (Å²) in [4.78, 5) is 20.9. The predicted molar refractivity (Wildman–Crippen MR) is 84.8 cm³/mol. The van der Waals surface area contributed by atoms with Gasteiger partial charge in [-0.3, -0.25) is 4.79 Å². The number of anilines is 1. The molecule has 1 aromatic heterocycles. The van der Waals surface area contributed by atoms with Gasteiger partial charge in [-0.2, -0.15) is 0 Å². The molecule has 3 heterocycles. The van der Waals surface area contributed by atoms with Crippen LogP contribution in [-0.4, -0.2) is 61.9 Å². The third kappa shape index (κ3) is 2.95. The van der Waals surface area contributed by atoms with Gasteiger partial charge < -0.3 is 9.80 Å². The van der Waals surface area contributed by atoms with Crippen LogP contribution < -0.4 is 4.90 Å². The molecule has 0 aliphatic carbocycles. The average molecular weight is 323 g/mol. The average Bonchev–Trinajstić information content (AvgIpc) is 3.17. The fourth-order valence-electron chi connectivity index (χ4n) is 3.18. The summed E-state index contributed by atoms with van der Waals surface area (Å²) in [6.45, 7) is 2.61. The molecule has 1 atom stereocenters. The molecule has 2 aliphatic rings. The Kier molecular flexibility index (Phi) is 4.08. The molecule has 0 saturated carbocycles. The number of sulfone groups is 1. The van der Waals surface area contributed by atoms with Crippen LogP contribution in [0.4, 0.5) is 5.82 Å². The highest BCUT2D eigenvalue weighted by atomic mass is 32.2. The number of rotatable bonds is 3. The van der Waals surface area contributed by atoms with Crippen molar-refractivity contribution in [1.29, 1.82) is 0 Å². The lowest BCUT2D eigenvalue weighted by Crippen LogP contribution is -2.33. The van der Waals surface area contributed by atoms with Crippen LogP contribution in [0.2, 0.25) is 0 Å². The fourth-order valence-corrected chi connectivity index (χ4v) is 4.16. The van der Waals surface area contributed by atoms with Gasteiger partial charge in [0.1, 0.15) is 5.82 Å². The van der Waals surface area contributed by atoms with E-state index >= 15 is 0 Å². The number of nitrogens with zero attached hydrogens (tertiary/aromatic N) is 3. The summed E-state index contributed by atoms with van der Waals surface area (Å²) in [5.41, 5.74) is 0.582. The number of carbonyl (C=O) groups is 1. The van der Waals surface area contributed by atoms with Crippen molar-refractivity contribution in [2.45, 2.75) is 24.5 Å². The van der Waals surface area contributed by atoms with Gasteiger partial charge >= 0.3 is 0 Å². The second-order valence-electron chi connectivity index (χ2n) is 6.06. The highest BCUT2D eigenvalue weighted by Crippen LogP contribution is 2.25. The Morgan fingerprint density at radius 1 is 1.27 bits per heavy atom. The van der Waals surface area contributed by atoms with Crippen LogP contribution in [0, 0.1) is 0 Å². The van der Waals surface area contributed by atoms with Crippen molar-refractivity contribution in [2.24, 2.45) is 0 Å². The lowest BCUT2D eigenvalue weighted by molar-refractivity contribution is 0.0793. The number of likely N-dealkylation sites (tertiary alicyclic amines) is 1. The highest BCUT2D eigenvalue weighted by molar-refractivity contribution is 7.91. The molecule has 0 radical (unpaired) electrons. The van der Waals surface area contributed by atoms with E-state index in [-0.39, 0.29) is 12.5 Å². The molecule has 2 saturated heterocycles. The summed E-state index contributed by atoms with van der Waals surface area (Å²) in [5, 5.41) is -0.441. The predicted octanol–water partition coefficient (Wildman–Crippen LogP) is 0.941. The second kappa shape index (κ2) is 5.87. The van der Waals surface area contributed by atoms with Gasteiger partial charge in [-0.05, 0) is 31.4 Å². The molecule has 0 spiro atoms. The Morgan fingerprint density at radius 3 is 2.64 bits per heavy atom. The molecule has 0 aromatic carbocycles. The molecule has 6 nitrogen and oxygen atoms in total. The van der Waals surface area contributed by atoms with Gasteiger partial charge in [-0.15, -0.1) is 0 Å². The van der Waals surface area contributed by atoms with Crippen molar-refractivity contribution in [1.82, 2.24) is 9.88 Å². The maximum Gasteiger partial charge on any atom is 0.257 e. The van der Waals surface area contributed by atoms with Crippen molar-refractivity contribution in [3.8, 4) is 0 Å². The van der Waals surface area contributed by atoms with E-state index in [1.807, 2.05) is 0 Å². The highest BCUT2D eigenvalue weighted by Gasteiger charge is 2.34. The maximum atomic E-state index is 12.8. The van der Waals surface area contributed by atoms with Gasteiger partial charge in [0.25, 0.3) is 5.91 Å². The smallest absolute Gasteiger partial charge is 0.257 e. The molecule has 22 heavy (non-hydrogen) atoms. The monoisotopic (exact) mass is 323 g/mol.